The van der Waals surface area contributed by atoms with Gasteiger partial charge in [-0.25, -0.2) is 0 Å². The van der Waals surface area contributed by atoms with Gasteiger partial charge in [0.05, 0.1) is 0 Å². The van der Waals surface area contributed by atoms with Gasteiger partial charge in [-0.1, -0.05) is 49.4 Å². The molecule has 1 aliphatic carbocycles. The number of piperidine rings is 1. The van der Waals surface area contributed by atoms with E-state index in [-0.39, 0.29) is 5.91 Å². The molecule has 2 aliphatic rings. The molecule has 0 unspecified atom stereocenters. The van der Waals surface area contributed by atoms with Crippen molar-refractivity contribution in [2.24, 2.45) is 0 Å². The SMILES string of the molecule is CCC(=O)N(C1=CC=CCC1)C1CCN(CCc2ccccc2)CC1. The highest BCUT2D eigenvalue weighted by Crippen LogP contribution is 2.26. The molecule has 1 heterocycles. The van der Waals surface area contributed by atoms with Crippen LogP contribution in [0.2, 0.25) is 0 Å². The molecule has 1 amide bonds. The zero-order valence-electron chi connectivity index (χ0n) is 15.4. The van der Waals surface area contributed by atoms with Gasteiger partial charge in [0, 0.05) is 37.8 Å². The van der Waals surface area contributed by atoms with E-state index in [1.54, 1.807) is 0 Å². The molecule has 25 heavy (non-hydrogen) atoms. The maximum atomic E-state index is 12.6. The standard InChI is InChI=1S/C22H30N2O/c1-2-22(25)24(20-11-7-4-8-12-20)21-14-17-23(18-15-21)16-13-19-9-5-3-6-10-19/h3-7,9-11,21H,2,8,12-18H2,1H3. The number of hydrogen-bond acceptors (Lipinski definition) is 2. The first-order valence-corrected chi connectivity index (χ1v) is 9.72. The molecule has 0 saturated carbocycles. The van der Waals surface area contributed by atoms with Crippen LogP contribution in [0.1, 0.15) is 44.6 Å². The molecule has 3 heteroatoms. The fourth-order valence-electron chi connectivity index (χ4n) is 3.89. The minimum Gasteiger partial charge on any atom is -0.313 e. The summed E-state index contributed by atoms with van der Waals surface area (Å²) >= 11 is 0. The molecule has 134 valence electrons. The van der Waals surface area contributed by atoms with Crippen molar-refractivity contribution in [1.29, 1.82) is 0 Å². The molecule has 1 saturated heterocycles. The molecule has 1 aromatic rings. The summed E-state index contributed by atoms with van der Waals surface area (Å²) in [6, 6.07) is 11.1. The van der Waals surface area contributed by atoms with Crippen molar-refractivity contribution < 1.29 is 4.79 Å². The van der Waals surface area contributed by atoms with Crippen molar-refractivity contribution >= 4 is 5.91 Å². The molecule has 0 spiro atoms. The Kier molecular flexibility index (Phi) is 6.46. The summed E-state index contributed by atoms with van der Waals surface area (Å²) in [7, 11) is 0. The summed E-state index contributed by atoms with van der Waals surface area (Å²) in [5.74, 6) is 0.282. The summed E-state index contributed by atoms with van der Waals surface area (Å²) < 4.78 is 0. The van der Waals surface area contributed by atoms with Crippen molar-refractivity contribution in [3.63, 3.8) is 0 Å². The van der Waals surface area contributed by atoms with Crippen LogP contribution in [0, 0.1) is 0 Å². The van der Waals surface area contributed by atoms with E-state index >= 15 is 0 Å². The quantitative estimate of drug-likeness (QED) is 0.777. The van der Waals surface area contributed by atoms with Gasteiger partial charge in [0.1, 0.15) is 0 Å². The largest absolute Gasteiger partial charge is 0.313 e. The lowest BCUT2D eigenvalue weighted by molar-refractivity contribution is -0.131. The summed E-state index contributed by atoms with van der Waals surface area (Å²) in [5, 5.41) is 0. The van der Waals surface area contributed by atoms with E-state index in [4.69, 9.17) is 0 Å². The first-order valence-electron chi connectivity index (χ1n) is 9.72. The Bertz CT molecular complexity index is 612. The maximum Gasteiger partial charge on any atom is 0.226 e. The number of carbonyl (C=O) groups is 1. The number of rotatable bonds is 6. The van der Waals surface area contributed by atoms with Crippen LogP contribution in [0.25, 0.3) is 0 Å². The molecule has 0 atom stereocenters. The van der Waals surface area contributed by atoms with Crippen LogP contribution in [0.5, 0.6) is 0 Å². The van der Waals surface area contributed by atoms with Gasteiger partial charge in [-0.15, -0.1) is 0 Å². The Balaban J connectivity index is 1.55. The molecule has 1 aromatic carbocycles. The average Bonchev–Trinajstić information content (AvgIpc) is 2.69. The van der Waals surface area contributed by atoms with Gasteiger partial charge >= 0.3 is 0 Å². The lowest BCUT2D eigenvalue weighted by Gasteiger charge is -2.40. The number of amides is 1. The van der Waals surface area contributed by atoms with Gasteiger partial charge < -0.3 is 9.80 Å². The van der Waals surface area contributed by atoms with Crippen molar-refractivity contribution in [1.82, 2.24) is 9.80 Å². The Hall–Kier alpha value is -1.87. The van der Waals surface area contributed by atoms with Crippen molar-refractivity contribution in [2.45, 2.75) is 51.5 Å². The molecule has 3 rings (SSSR count). The van der Waals surface area contributed by atoms with Crippen LogP contribution >= 0.6 is 0 Å². The number of nitrogens with zero attached hydrogens (tertiary/aromatic N) is 2. The van der Waals surface area contributed by atoms with Crippen LogP contribution in [-0.2, 0) is 11.2 Å². The second-order valence-electron chi connectivity index (χ2n) is 7.05. The smallest absolute Gasteiger partial charge is 0.226 e. The second-order valence-corrected chi connectivity index (χ2v) is 7.05. The number of carbonyl (C=O) groups excluding carboxylic acids is 1. The van der Waals surface area contributed by atoms with Crippen LogP contribution in [0.4, 0.5) is 0 Å². The van der Waals surface area contributed by atoms with E-state index in [2.05, 4.69) is 58.4 Å². The van der Waals surface area contributed by atoms with E-state index < -0.39 is 0 Å². The fraction of sp³-hybridized carbons (Fsp3) is 0.500. The predicted molar refractivity (Wildman–Crippen MR) is 103 cm³/mol. The van der Waals surface area contributed by atoms with Gasteiger partial charge in [-0.2, -0.15) is 0 Å². The van der Waals surface area contributed by atoms with Gasteiger partial charge in [-0.3, -0.25) is 4.79 Å². The number of benzene rings is 1. The molecule has 0 radical (unpaired) electrons. The zero-order chi connectivity index (χ0) is 17.5. The van der Waals surface area contributed by atoms with E-state index in [0.29, 0.717) is 12.5 Å². The summed E-state index contributed by atoms with van der Waals surface area (Å²) in [5.41, 5.74) is 2.63. The van der Waals surface area contributed by atoms with Gasteiger partial charge in [-0.05, 0) is 43.7 Å². The minimum absolute atomic E-state index is 0.282. The number of hydrogen-bond donors (Lipinski definition) is 0. The minimum atomic E-state index is 0.282. The fourth-order valence-corrected chi connectivity index (χ4v) is 3.89. The van der Waals surface area contributed by atoms with Gasteiger partial charge in [0.25, 0.3) is 0 Å². The predicted octanol–water partition coefficient (Wildman–Crippen LogP) is 4.17. The number of allylic oxidation sites excluding steroid dienone is 4. The van der Waals surface area contributed by atoms with E-state index in [0.717, 1.165) is 51.7 Å². The Labute approximate surface area is 152 Å². The first-order chi connectivity index (χ1) is 12.3. The lowest BCUT2D eigenvalue weighted by Crippen LogP contribution is -2.47. The van der Waals surface area contributed by atoms with Crippen molar-refractivity contribution in [3.05, 3.63) is 59.8 Å². The van der Waals surface area contributed by atoms with Gasteiger partial charge in [0.15, 0.2) is 0 Å². The third kappa shape index (κ3) is 4.82. The van der Waals surface area contributed by atoms with Crippen LogP contribution < -0.4 is 0 Å². The Morgan fingerprint density at radius 1 is 1.20 bits per heavy atom. The highest BCUT2D eigenvalue weighted by molar-refractivity contribution is 5.78. The van der Waals surface area contributed by atoms with Crippen LogP contribution in [0.15, 0.2) is 54.3 Å². The Morgan fingerprint density at radius 2 is 1.96 bits per heavy atom. The molecular weight excluding hydrogens is 308 g/mol. The topological polar surface area (TPSA) is 23.6 Å². The monoisotopic (exact) mass is 338 g/mol. The van der Waals surface area contributed by atoms with Crippen LogP contribution in [-0.4, -0.2) is 41.4 Å². The summed E-state index contributed by atoms with van der Waals surface area (Å²) in [6.45, 7) is 5.27. The average molecular weight is 338 g/mol. The molecular formula is C22H30N2O. The lowest BCUT2D eigenvalue weighted by atomic mass is 9.99. The third-order valence-electron chi connectivity index (χ3n) is 5.35. The molecule has 1 fully saturated rings. The van der Waals surface area contributed by atoms with Crippen molar-refractivity contribution in [3.8, 4) is 0 Å². The molecule has 0 N–H and O–H groups in total. The molecule has 3 nitrogen and oxygen atoms in total. The molecule has 0 aromatic heterocycles. The third-order valence-corrected chi connectivity index (χ3v) is 5.35. The summed E-state index contributed by atoms with van der Waals surface area (Å²) in [6.07, 6.45) is 12.3. The Morgan fingerprint density at radius 3 is 2.60 bits per heavy atom. The van der Waals surface area contributed by atoms with Crippen LogP contribution in [0.3, 0.4) is 0 Å². The van der Waals surface area contributed by atoms with E-state index in [9.17, 15) is 4.79 Å². The maximum absolute atomic E-state index is 12.6. The van der Waals surface area contributed by atoms with Crippen molar-refractivity contribution in [2.75, 3.05) is 19.6 Å². The normalized spacial score (nSPS) is 18.8. The number of likely N-dealkylation sites (tertiary alicyclic amines) is 1. The zero-order valence-corrected chi connectivity index (χ0v) is 15.4. The van der Waals surface area contributed by atoms with E-state index in [1.165, 1.54) is 11.3 Å². The first kappa shape index (κ1) is 17.9. The highest BCUT2D eigenvalue weighted by atomic mass is 16.2. The highest BCUT2D eigenvalue weighted by Gasteiger charge is 2.29. The van der Waals surface area contributed by atoms with E-state index in [1.807, 2.05) is 6.92 Å². The molecule has 0 bridgehead atoms. The summed E-state index contributed by atoms with van der Waals surface area (Å²) in [4.78, 5) is 17.2. The van der Waals surface area contributed by atoms with Gasteiger partial charge in [0.2, 0.25) is 5.91 Å². The molecule has 1 aliphatic heterocycles. The second kappa shape index (κ2) is 9.00.